The summed E-state index contributed by atoms with van der Waals surface area (Å²) in [6.07, 6.45) is 5.70. The Hall–Kier alpha value is -2.39. The molecule has 0 radical (unpaired) electrons. The van der Waals surface area contributed by atoms with E-state index in [2.05, 4.69) is 25.4 Å². The molecule has 1 unspecified atom stereocenters. The number of amides is 1. The smallest absolute Gasteiger partial charge is 0.353 e. The van der Waals surface area contributed by atoms with Gasteiger partial charge in [0.25, 0.3) is 5.91 Å². The van der Waals surface area contributed by atoms with Crippen LogP contribution in [0.3, 0.4) is 0 Å². The highest BCUT2D eigenvalue weighted by atomic mass is 19.3. The molecule has 1 amide bonds. The highest BCUT2D eigenvalue weighted by molar-refractivity contribution is 5.97. The zero-order valence-corrected chi connectivity index (χ0v) is 16.8. The number of hydrogen-bond donors (Lipinski definition) is 3. The van der Waals surface area contributed by atoms with Gasteiger partial charge in [0.1, 0.15) is 11.4 Å². The average molecular weight is 419 g/mol. The molecule has 1 fully saturated rings. The fraction of sp³-hybridized carbons (Fsp3) is 0.571. The molecule has 0 aliphatic carbocycles. The summed E-state index contributed by atoms with van der Waals surface area (Å²) in [6.45, 7) is 1.09. The van der Waals surface area contributed by atoms with Crippen LogP contribution in [0, 0.1) is 0 Å². The second-order valence-electron chi connectivity index (χ2n) is 8.17. The number of fused-ring (bicyclic) bond motifs is 1. The van der Waals surface area contributed by atoms with Gasteiger partial charge in [-0.25, -0.2) is 0 Å². The second kappa shape index (κ2) is 8.39. The number of nitrogens with zero attached hydrogens (tertiary/aromatic N) is 3. The van der Waals surface area contributed by atoms with Gasteiger partial charge < -0.3 is 20.3 Å². The van der Waals surface area contributed by atoms with Crippen LogP contribution in [0.2, 0.25) is 0 Å². The average Bonchev–Trinajstić information content (AvgIpc) is 3.10. The molecule has 30 heavy (non-hydrogen) atoms. The number of rotatable bonds is 4. The molecule has 1 aromatic carbocycles. The molecule has 2 aliphatic heterocycles. The SMILES string of the molecule is O=C(Nc1ccc(-c2nnc3n2CCCCCC3)cc1)C(F)(F)C1(O)CCCNC1. The lowest BCUT2D eigenvalue weighted by molar-refractivity contribution is -0.192. The van der Waals surface area contributed by atoms with Crippen molar-refractivity contribution in [2.45, 2.75) is 63.0 Å². The topological polar surface area (TPSA) is 92.1 Å². The van der Waals surface area contributed by atoms with Gasteiger partial charge >= 0.3 is 5.92 Å². The van der Waals surface area contributed by atoms with Gasteiger partial charge in [-0.1, -0.05) is 12.8 Å². The Balaban J connectivity index is 1.48. The third-order valence-corrected chi connectivity index (χ3v) is 5.99. The van der Waals surface area contributed by atoms with E-state index in [0.29, 0.717) is 13.0 Å². The molecule has 1 saturated heterocycles. The summed E-state index contributed by atoms with van der Waals surface area (Å²) < 4.78 is 31.3. The number of alkyl halides is 2. The lowest BCUT2D eigenvalue weighted by atomic mass is 9.87. The molecular weight excluding hydrogens is 392 g/mol. The van der Waals surface area contributed by atoms with Crippen LogP contribution in [0.1, 0.15) is 44.3 Å². The third-order valence-electron chi connectivity index (χ3n) is 5.99. The summed E-state index contributed by atoms with van der Waals surface area (Å²) in [5, 5.41) is 23.9. The summed E-state index contributed by atoms with van der Waals surface area (Å²) in [5.74, 6) is -3.69. The van der Waals surface area contributed by atoms with Crippen LogP contribution >= 0.6 is 0 Å². The number of aryl methyl sites for hydroxylation is 1. The van der Waals surface area contributed by atoms with E-state index in [1.165, 1.54) is 12.8 Å². The first-order valence-corrected chi connectivity index (χ1v) is 10.6. The molecule has 3 heterocycles. The molecule has 0 saturated carbocycles. The van der Waals surface area contributed by atoms with Gasteiger partial charge in [-0.2, -0.15) is 8.78 Å². The molecule has 162 valence electrons. The number of β-amino-alcohol motifs (C(OH)–C–C–N with tert-alkyl or cyclic N) is 1. The summed E-state index contributed by atoms with van der Waals surface area (Å²) in [5.41, 5.74) is -1.33. The maximum absolute atomic E-state index is 14.6. The number of hydrogen-bond acceptors (Lipinski definition) is 5. The number of halogens is 2. The highest BCUT2D eigenvalue weighted by Gasteiger charge is 2.58. The van der Waals surface area contributed by atoms with Crippen LogP contribution in [-0.2, 0) is 17.8 Å². The van der Waals surface area contributed by atoms with Gasteiger partial charge in [-0.05, 0) is 56.5 Å². The molecule has 2 aliphatic rings. The van der Waals surface area contributed by atoms with Crippen LogP contribution in [0.15, 0.2) is 24.3 Å². The lowest BCUT2D eigenvalue weighted by Crippen LogP contribution is -2.62. The van der Waals surface area contributed by atoms with E-state index < -0.39 is 17.4 Å². The van der Waals surface area contributed by atoms with E-state index >= 15 is 0 Å². The van der Waals surface area contributed by atoms with Crippen LogP contribution in [0.5, 0.6) is 0 Å². The fourth-order valence-corrected chi connectivity index (χ4v) is 4.16. The number of aromatic nitrogens is 3. The van der Waals surface area contributed by atoms with Gasteiger partial charge in [-0.3, -0.25) is 4.79 Å². The molecule has 0 spiro atoms. The van der Waals surface area contributed by atoms with Crippen molar-refractivity contribution in [3.8, 4) is 11.4 Å². The van der Waals surface area contributed by atoms with Crippen molar-refractivity contribution in [2.24, 2.45) is 0 Å². The van der Waals surface area contributed by atoms with Crippen molar-refractivity contribution in [1.82, 2.24) is 20.1 Å². The van der Waals surface area contributed by atoms with Crippen LogP contribution in [-0.4, -0.2) is 50.4 Å². The minimum Gasteiger partial charge on any atom is -0.382 e. The Morgan fingerprint density at radius 1 is 1.13 bits per heavy atom. The van der Waals surface area contributed by atoms with E-state index in [4.69, 9.17) is 0 Å². The maximum atomic E-state index is 14.6. The quantitative estimate of drug-likeness (QED) is 0.709. The molecule has 0 bridgehead atoms. The molecule has 7 nitrogen and oxygen atoms in total. The second-order valence-corrected chi connectivity index (χ2v) is 8.17. The fourth-order valence-electron chi connectivity index (χ4n) is 4.16. The number of aliphatic hydroxyl groups is 1. The van der Waals surface area contributed by atoms with Crippen molar-refractivity contribution < 1.29 is 18.7 Å². The van der Waals surface area contributed by atoms with E-state index in [0.717, 1.165) is 43.0 Å². The Labute approximate surface area is 173 Å². The normalized spacial score (nSPS) is 22.6. The number of anilines is 1. The lowest BCUT2D eigenvalue weighted by Gasteiger charge is -2.37. The van der Waals surface area contributed by atoms with Gasteiger partial charge in [0.05, 0.1) is 0 Å². The zero-order chi connectivity index (χ0) is 21.2. The molecule has 9 heteroatoms. The standard InChI is InChI=1S/C21H27F2N5O2/c22-21(23,20(30)11-5-12-24-14-20)19(29)25-16-9-7-15(8-10-16)18-27-26-17-6-3-1-2-4-13-28(17)18/h7-10,24,30H,1-6,11-14H2,(H,25,29). The first-order valence-electron chi connectivity index (χ1n) is 10.6. The first kappa shape index (κ1) is 20.9. The molecule has 1 aromatic heterocycles. The van der Waals surface area contributed by atoms with E-state index in [9.17, 15) is 18.7 Å². The summed E-state index contributed by atoms with van der Waals surface area (Å²) in [7, 11) is 0. The van der Waals surface area contributed by atoms with Gasteiger partial charge in [0.2, 0.25) is 0 Å². The van der Waals surface area contributed by atoms with Crippen molar-refractivity contribution in [2.75, 3.05) is 18.4 Å². The molecule has 3 N–H and O–H groups in total. The van der Waals surface area contributed by atoms with Crippen LogP contribution in [0.25, 0.3) is 11.4 Å². The number of nitrogens with one attached hydrogen (secondary N) is 2. The first-order chi connectivity index (χ1) is 14.4. The summed E-state index contributed by atoms with van der Waals surface area (Å²) in [6, 6.07) is 6.61. The van der Waals surface area contributed by atoms with E-state index in [-0.39, 0.29) is 18.7 Å². The molecule has 1 atom stereocenters. The minimum atomic E-state index is -3.90. The predicted octanol–water partition coefficient (Wildman–Crippen LogP) is 2.75. The van der Waals surface area contributed by atoms with Crippen molar-refractivity contribution in [3.05, 3.63) is 30.1 Å². The maximum Gasteiger partial charge on any atom is 0.353 e. The van der Waals surface area contributed by atoms with E-state index in [1.54, 1.807) is 24.3 Å². The Bertz CT molecular complexity index is 891. The number of piperidine rings is 1. The van der Waals surface area contributed by atoms with E-state index in [1.807, 2.05) is 0 Å². The molecule has 2 aromatic rings. The predicted molar refractivity (Wildman–Crippen MR) is 108 cm³/mol. The minimum absolute atomic E-state index is 0.128. The third kappa shape index (κ3) is 3.96. The van der Waals surface area contributed by atoms with Gasteiger partial charge in [0, 0.05) is 30.8 Å². The monoisotopic (exact) mass is 419 g/mol. The van der Waals surface area contributed by atoms with Crippen molar-refractivity contribution >= 4 is 11.6 Å². The van der Waals surface area contributed by atoms with Gasteiger partial charge in [0.15, 0.2) is 5.82 Å². The summed E-state index contributed by atoms with van der Waals surface area (Å²) in [4.78, 5) is 12.2. The summed E-state index contributed by atoms with van der Waals surface area (Å²) >= 11 is 0. The number of carbonyl (C=O) groups is 1. The van der Waals surface area contributed by atoms with Gasteiger partial charge in [-0.15, -0.1) is 10.2 Å². The Kier molecular flexibility index (Phi) is 5.84. The zero-order valence-electron chi connectivity index (χ0n) is 16.8. The Morgan fingerprint density at radius 2 is 1.90 bits per heavy atom. The Morgan fingerprint density at radius 3 is 2.63 bits per heavy atom. The van der Waals surface area contributed by atoms with Crippen molar-refractivity contribution in [3.63, 3.8) is 0 Å². The van der Waals surface area contributed by atoms with Crippen LogP contribution < -0.4 is 10.6 Å². The van der Waals surface area contributed by atoms with Crippen molar-refractivity contribution in [1.29, 1.82) is 0 Å². The highest BCUT2D eigenvalue weighted by Crippen LogP contribution is 2.35. The number of benzene rings is 1. The number of carbonyl (C=O) groups excluding carboxylic acids is 1. The largest absolute Gasteiger partial charge is 0.382 e. The van der Waals surface area contributed by atoms with Crippen LogP contribution in [0.4, 0.5) is 14.5 Å². The molecule has 4 rings (SSSR count). The molecular formula is C21H27F2N5O2.